The number of amides is 1. The van der Waals surface area contributed by atoms with Crippen molar-refractivity contribution in [1.82, 2.24) is 4.90 Å². The maximum atomic E-state index is 14.6. The molecule has 2 saturated heterocycles. The summed E-state index contributed by atoms with van der Waals surface area (Å²) < 4.78 is 60.9. The molecule has 13 heteroatoms. The minimum atomic E-state index is -1.51. The van der Waals surface area contributed by atoms with Gasteiger partial charge in [0.25, 0.3) is 0 Å². The predicted molar refractivity (Wildman–Crippen MR) is 285 cm³/mol. The lowest BCUT2D eigenvalue weighted by molar-refractivity contribution is -0.353. The number of hydrogen-bond donors (Lipinski definition) is 2. The van der Waals surface area contributed by atoms with E-state index in [4.69, 9.17) is 42.6 Å². The van der Waals surface area contributed by atoms with Crippen LogP contribution < -0.4 is 0 Å². The van der Waals surface area contributed by atoms with Crippen molar-refractivity contribution >= 4 is 6.09 Å². The van der Waals surface area contributed by atoms with E-state index in [2.05, 4.69) is 0 Å². The van der Waals surface area contributed by atoms with E-state index in [9.17, 15) is 15.0 Å². The average molecular weight is 1030 g/mol. The predicted octanol–water partition coefficient (Wildman–Crippen LogP) is 9.61. The number of hydrogen-bond acceptors (Lipinski definition) is 12. The highest BCUT2D eigenvalue weighted by molar-refractivity contribution is 5.69. The number of aliphatic hydroxyl groups excluding tert-OH is 2. The Morgan fingerprint density at radius 3 is 1.18 bits per heavy atom. The Labute approximate surface area is 445 Å². The zero-order valence-electron chi connectivity index (χ0n) is 42.5. The Bertz CT molecular complexity index is 2710. The summed E-state index contributed by atoms with van der Waals surface area (Å²) >= 11 is 0. The summed E-state index contributed by atoms with van der Waals surface area (Å²) in [5.41, 5.74) is 6.20. The lowest BCUT2D eigenvalue weighted by atomic mass is 9.87. The van der Waals surface area contributed by atoms with E-state index in [-0.39, 0.29) is 59.5 Å². The highest BCUT2D eigenvalue weighted by Crippen LogP contribution is 2.37. The standard InChI is InChI=1S/C63H67NO12/c65-36-53-57(70-39-48-26-12-3-13-27-48)59(56(66)54(44-68-37-46-22-8-1-9-23-46)64(53)63(67)74-43-52-34-20-7-21-35-52)76-62-61(73-42-51-32-18-6-19-33-51)60(72-41-50-30-16-5-17-31-50)58(71-40-49-28-14-4-15-29-49)55(75-62)45-69-38-47-24-10-2-11-25-47/h1-35,53-62,65-66H,36-45H2/t53-,54+,55-,56-,57-,58-,59-,60+,61-,62-/m1/s1. The van der Waals surface area contributed by atoms with Gasteiger partial charge >= 0.3 is 6.09 Å². The van der Waals surface area contributed by atoms with Crippen molar-refractivity contribution in [2.24, 2.45) is 0 Å². The molecule has 10 atom stereocenters. The number of nitrogens with zero attached hydrogens (tertiary/aromatic N) is 1. The van der Waals surface area contributed by atoms with Gasteiger partial charge in [-0.3, -0.25) is 4.90 Å². The molecule has 0 saturated carbocycles. The van der Waals surface area contributed by atoms with Crippen LogP contribution in [0.3, 0.4) is 0 Å². The van der Waals surface area contributed by atoms with Gasteiger partial charge in [-0.25, -0.2) is 4.79 Å². The van der Waals surface area contributed by atoms with Crippen LogP contribution in [0.15, 0.2) is 212 Å². The molecule has 0 spiro atoms. The quantitative estimate of drug-likeness (QED) is 0.0563. The highest BCUT2D eigenvalue weighted by Gasteiger charge is 2.56. The second kappa shape index (κ2) is 28.5. The van der Waals surface area contributed by atoms with E-state index >= 15 is 0 Å². The molecule has 0 bridgehead atoms. The Kier molecular flexibility index (Phi) is 20.3. The van der Waals surface area contributed by atoms with Gasteiger partial charge in [-0.2, -0.15) is 0 Å². The molecule has 76 heavy (non-hydrogen) atoms. The second-order valence-corrected chi connectivity index (χ2v) is 18.9. The van der Waals surface area contributed by atoms with Crippen molar-refractivity contribution in [2.75, 3.05) is 19.8 Å². The summed E-state index contributed by atoms with van der Waals surface area (Å²) in [7, 11) is 0. The Morgan fingerprint density at radius 1 is 0.408 bits per heavy atom. The molecule has 2 aliphatic rings. The van der Waals surface area contributed by atoms with Crippen molar-refractivity contribution in [2.45, 2.75) is 107 Å². The highest BCUT2D eigenvalue weighted by atomic mass is 16.7. The molecule has 0 aliphatic carbocycles. The molecule has 2 heterocycles. The molecule has 7 aromatic rings. The van der Waals surface area contributed by atoms with E-state index in [0.29, 0.717) is 0 Å². The van der Waals surface area contributed by atoms with Gasteiger partial charge in [0, 0.05) is 0 Å². The normalized spacial score (nSPS) is 23.5. The molecule has 0 aromatic heterocycles. The molecule has 2 N–H and O–H groups in total. The number of aliphatic hydroxyl groups is 2. The van der Waals surface area contributed by atoms with Crippen LogP contribution in [0.5, 0.6) is 0 Å². The van der Waals surface area contributed by atoms with Gasteiger partial charge in [-0.15, -0.1) is 0 Å². The fourth-order valence-electron chi connectivity index (χ4n) is 9.65. The first-order valence-corrected chi connectivity index (χ1v) is 25.9. The van der Waals surface area contributed by atoms with E-state index in [1.54, 1.807) is 0 Å². The molecular formula is C63H67NO12. The summed E-state index contributed by atoms with van der Waals surface area (Å²) in [5, 5.41) is 24.6. The van der Waals surface area contributed by atoms with Gasteiger partial charge in [0.05, 0.1) is 71.5 Å². The Hall–Kier alpha value is -6.59. The number of ether oxygens (including phenoxy) is 9. The number of piperidine rings is 1. The van der Waals surface area contributed by atoms with Crippen molar-refractivity contribution in [1.29, 1.82) is 0 Å². The third-order valence-corrected chi connectivity index (χ3v) is 13.6. The molecule has 396 valence electrons. The molecule has 9 rings (SSSR count). The number of likely N-dealkylation sites (tertiary alicyclic amines) is 1. The van der Waals surface area contributed by atoms with Crippen LogP contribution in [-0.4, -0.2) is 102 Å². The van der Waals surface area contributed by atoms with Crippen molar-refractivity contribution in [3.05, 3.63) is 251 Å². The van der Waals surface area contributed by atoms with Crippen LogP contribution >= 0.6 is 0 Å². The topological polar surface area (TPSA) is 144 Å². The zero-order valence-corrected chi connectivity index (χ0v) is 42.5. The summed E-state index contributed by atoms with van der Waals surface area (Å²) in [6, 6.07) is 65.6. The van der Waals surface area contributed by atoms with Gasteiger partial charge in [-0.1, -0.05) is 212 Å². The van der Waals surface area contributed by atoms with Gasteiger partial charge in [0.2, 0.25) is 0 Å². The van der Waals surface area contributed by atoms with Gasteiger partial charge < -0.3 is 52.8 Å². The summed E-state index contributed by atoms with van der Waals surface area (Å²) in [6.45, 7) is 0.315. The zero-order chi connectivity index (χ0) is 52.2. The van der Waals surface area contributed by atoms with Gasteiger partial charge in [-0.05, 0) is 38.9 Å². The van der Waals surface area contributed by atoms with Crippen LogP contribution in [0.25, 0.3) is 0 Å². The summed E-state index contributed by atoms with van der Waals surface area (Å²) in [4.78, 5) is 16.0. The third kappa shape index (κ3) is 15.1. The third-order valence-electron chi connectivity index (χ3n) is 13.6. The molecule has 0 radical (unpaired) electrons. The molecule has 13 nitrogen and oxygen atoms in total. The lowest BCUT2D eigenvalue weighted by Crippen LogP contribution is -2.72. The number of carbonyl (C=O) groups is 1. The second-order valence-electron chi connectivity index (χ2n) is 18.9. The first-order chi connectivity index (χ1) is 37.5. The van der Waals surface area contributed by atoms with Crippen molar-refractivity contribution in [3.63, 3.8) is 0 Å². The van der Waals surface area contributed by atoms with Crippen LogP contribution in [0.4, 0.5) is 4.79 Å². The SMILES string of the molecule is O=C(OCc1ccccc1)N1[C@H](CO)[C@@H](OCc2ccccc2)[C@H](O[C@H]2O[C@H](COCc3ccccc3)[C@@H](OCc3ccccc3)[C@H](OCc3ccccc3)[C@H]2OCc2ccccc2)[C@H](O)[C@@H]1COCc1ccccc1. The number of carbonyl (C=O) groups excluding carboxylic acids is 1. The van der Waals surface area contributed by atoms with Crippen molar-refractivity contribution < 1.29 is 57.6 Å². The molecule has 0 unspecified atom stereocenters. The van der Waals surface area contributed by atoms with Crippen molar-refractivity contribution in [3.8, 4) is 0 Å². The monoisotopic (exact) mass is 1030 g/mol. The minimum Gasteiger partial charge on any atom is -0.445 e. The Morgan fingerprint density at radius 2 is 0.763 bits per heavy atom. The van der Waals surface area contributed by atoms with Crippen LogP contribution in [0.1, 0.15) is 38.9 Å². The molecular weight excluding hydrogens is 963 g/mol. The van der Waals surface area contributed by atoms with E-state index in [1.165, 1.54) is 4.90 Å². The molecule has 2 fully saturated rings. The van der Waals surface area contributed by atoms with Crippen LogP contribution in [-0.2, 0) is 88.9 Å². The Balaban J connectivity index is 1.10. The van der Waals surface area contributed by atoms with Gasteiger partial charge in [0.1, 0.15) is 49.3 Å². The summed E-state index contributed by atoms with van der Waals surface area (Å²) in [5.74, 6) is 0. The first-order valence-electron chi connectivity index (χ1n) is 25.9. The molecule has 2 aliphatic heterocycles. The maximum absolute atomic E-state index is 14.6. The van der Waals surface area contributed by atoms with Crippen LogP contribution in [0, 0.1) is 0 Å². The molecule has 7 aromatic carbocycles. The number of benzene rings is 7. The largest absolute Gasteiger partial charge is 0.445 e. The molecule has 1 amide bonds. The minimum absolute atomic E-state index is 0.0459. The van der Waals surface area contributed by atoms with E-state index in [1.807, 2.05) is 212 Å². The fraction of sp³-hybridized carbons (Fsp3) is 0.317. The maximum Gasteiger partial charge on any atom is 0.410 e. The number of rotatable bonds is 25. The smallest absolute Gasteiger partial charge is 0.410 e. The van der Waals surface area contributed by atoms with Crippen LogP contribution in [0.2, 0.25) is 0 Å². The lowest BCUT2D eigenvalue weighted by Gasteiger charge is -2.52. The first kappa shape index (κ1) is 54.2. The van der Waals surface area contributed by atoms with E-state index in [0.717, 1.165) is 38.9 Å². The average Bonchev–Trinajstić information content (AvgIpc) is 3.50. The van der Waals surface area contributed by atoms with E-state index < -0.39 is 73.8 Å². The summed E-state index contributed by atoms with van der Waals surface area (Å²) in [6.07, 6.45) is -9.47. The fourth-order valence-corrected chi connectivity index (χ4v) is 9.65. The van der Waals surface area contributed by atoms with Gasteiger partial charge in [0.15, 0.2) is 6.29 Å².